The van der Waals surface area contributed by atoms with E-state index in [2.05, 4.69) is 11.4 Å². The number of likely N-dealkylation sites (N-methyl/N-ethyl adjacent to an activating group) is 1. The van der Waals surface area contributed by atoms with Crippen molar-refractivity contribution in [3.63, 3.8) is 0 Å². The van der Waals surface area contributed by atoms with E-state index in [1.807, 2.05) is 71.0 Å². The summed E-state index contributed by atoms with van der Waals surface area (Å²) in [5.74, 6) is 0.321. The molecule has 1 atom stereocenters. The Hall–Kier alpha value is -2.82. The summed E-state index contributed by atoms with van der Waals surface area (Å²) in [6.07, 6.45) is 0.535. The van der Waals surface area contributed by atoms with Crippen molar-refractivity contribution in [2.75, 3.05) is 13.2 Å². The maximum atomic E-state index is 13.1. The van der Waals surface area contributed by atoms with E-state index < -0.39 is 6.04 Å². The van der Waals surface area contributed by atoms with Crippen LogP contribution in [0, 0.1) is 20.8 Å². The van der Waals surface area contributed by atoms with E-state index in [4.69, 9.17) is 4.74 Å². The summed E-state index contributed by atoms with van der Waals surface area (Å²) < 4.78 is 5.78. The minimum absolute atomic E-state index is 0.106. The van der Waals surface area contributed by atoms with E-state index in [-0.39, 0.29) is 18.4 Å². The van der Waals surface area contributed by atoms with Gasteiger partial charge in [-0.15, -0.1) is 0 Å². The summed E-state index contributed by atoms with van der Waals surface area (Å²) in [5, 5.41) is 2.84. The average Bonchev–Trinajstić information content (AvgIpc) is 2.67. The second kappa shape index (κ2) is 10.6. The van der Waals surface area contributed by atoms with Crippen molar-refractivity contribution < 1.29 is 14.3 Å². The molecule has 156 valence electrons. The van der Waals surface area contributed by atoms with E-state index in [1.54, 1.807) is 4.90 Å². The van der Waals surface area contributed by atoms with Crippen molar-refractivity contribution in [2.24, 2.45) is 0 Å². The highest BCUT2D eigenvalue weighted by molar-refractivity contribution is 5.88. The summed E-state index contributed by atoms with van der Waals surface area (Å²) in [6, 6.07) is 13.3. The van der Waals surface area contributed by atoms with Gasteiger partial charge in [0.05, 0.1) is 0 Å². The first-order chi connectivity index (χ1) is 13.8. The lowest BCUT2D eigenvalue weighted by molar-refractivity contribution is -0.142. The smallest absolute Gasteiger partial charge is 0.261 e. The van der Waals surface area contributed by atoms with Crippen LogP contribution in [0.2, 0.25) is 0 Å². The van der Waals surface area contributed by atoms with Gasteiger partial charge in [0, 0.05) is 13.1 Å². The lowest BCUT2D eigenvalue weighted by atomic mass is 10.1. The number of ether oxygens (including phenoxy) is 1. The minimum atomic E-state index is -0.536. The van der Waals surface area contributed by atoms with Gasteiger partial charge in [-0.3, -0.25) is 9.59 Å². The Labute approximate surface area is 174 Å². The first kappa shape index (κ1) is 22.5. The van der Waals surface area contributed by atoms with Crippen LogP contribution in [0.5, 0.6) is 5.75 Å². The predicted octanol–water partition coefficient (Wildman–Crippen LogP) is 3.93. The Kier molecular flexibility index (Phi) is 8.25. The number of hydrogen-bond acceptors (Lipinski definition) is 3. The molecule has 0 saturated heterocycles. The molecule has 0 spiro atoms. The fourth-order valence-electron chi connectivity index (χ4n) is 3.35. The number of nitrogens with one attached hydrogen (secondary N) is 1. The number of nitrogens with zero attached hydrogens (tertiary/aromatic N) is 1. The van der Waals surface area contributed by atoms with Gasteiger partial charge in [0.15, 0.2) is 6.61 Å². The van der Waals surface area contributed by atoms with Crippen molar-refractivity contribution in [2.45, 2.75) is 53.6 Å². The molecule has 0 aliphatic rings. The second-order valence-corrected chi connectivity index (χ2v) is 7.44. The van der Waals surface area contributed by atoms with E-state index in [0.717, 1.165) is 22.3 Å². The van der Waals surface area contributed by atoms with Crippen molar-refractivity contribution in [1.82, 2.24) is 10.2 Å². The quantitative estimate of drug-likeness (QED) is 0.699. The number of aryl methyl sites for hydroxylation is 3. The molecular formula is C24H32N2O3. The number of carbonyl (C=O) groups is 2. The van der Waals surface area contributed by atoms with Gasteiger partial charge < -0.3 is 15.0 Å². The Balaban J connectivity index is 2.20. The van der Waals surface area contributed by atoms with E-state index in [0.29, 0.717) is 25.3 Å². The van der Waals surface area contributed by atoms with Crippen LogP contribution in [-0.2, 0) is 16.1 Å². The molecule has 29 heavy (non-hydrogen) atoms. The van der Waals surface area contributed by atoms with Crippen LogP contribution in [0.25, 0.3) is 0 Å². The van der Waals surface area contributed by atoms with Gasteiger partial charge in [-0.2, -0.15) is 0 Å². The highest BCUT2D eigenvalue weighted by Gasteiger charge is 2.28. The van der Waals surface area contributed by atoms with Gasteiger partial charge in [0.2, 0.25) is 5.91 Å². The molecule has 2 aromatic rings. The van der Waals surface area contributed by atoms with Crippen LogP contribution < -0.4 is 10.1 Å². The number of carbonyl (C=O) groups excluding carboxylic acids is 2. The fourth-order valence-corrected chi connectivity index (χ4v) is 3.35. The summed E-state index contributed by atoms with van der Waals surface area (Å²) in [6.45, 7) is 10.6. The number of amides is 2. The van der Waals surface area contributed by atoms with E-state index in [9.17, 15) is 9.59 Å². The SMILES string of the molecule is CCNC(=O)C(CC)N(Cc1ccc(C)cc1)C(=O)COc1cc(C)cc(C)c1. The molecule has 5 heteroatoms. The molecule has 1 N–H and O–H groups in total. The molecule has 0 aliphatic carbocycles. The van der Waals surface area contributed by atoms with E-state index >= 15 is 0 Å². The Morgan fingerprint density at radius 1 is 0.966 bits per heavy atom. The zero-order valence-corrected chi connectivity index (χ0v) is 18.1. The lowest BCUT2D eigenvalue weighted by Crippen LogP contribution is -2.50. The third kappa shape index (κ3) is 6.63. The number of hydrogen-bond donors (Lipinski definition) is 1. The monoisotopic (exact) mass is 396 g/mol. The topological polar surface area (TPSA) is 58.6 Å². The first-order valence-electron chi connectivity index (χ1n) is 10.2. The molecule has 0 aromatic heterocycles. The molecule has 0 fully saturated rings. The van der Waals surface area contributed by atoms with Crippen molar-refractivity contribution in [3.05, 3.63) is 64.7 Å². The van der Waals surface area contributed by atoms with Crippen LogP contribution in [0.1, 0.15) is 42.5 Å². The zero-order valence-electron chi connectivity index (χ0n) is 18.1. The largest absolute Gasteiger partial charge is 0.484 e. The van der Waals surface area contributed by atoms with Crippen LogP contribution in [-0.4, -0.2) is 35.9 Å². The van der Waals surface area contributed by atoms with Gasteiger partial charge in [0.25, 0.3) is 5.91 Å². The Morgan fingerprint density at radius 3 is 2.14 bits per heavy atom. The summed E-state index contributed by atoms with van der Waals surface area (Å²) >= 11 is 0. The molecule has 1 unspecified atom stereocenters. The third-order valence-corrected chi connectivity index (χ3v) is 4.77. The molecule has 5 nitrogen and oxygen atoms in total. The van der Waals surface area contributed by atoms with Gasteiger partial charge in [0.1, 0.15) is 11.8 Å². The third-order valence-electron chi connectivity index (χ3n) is 4.77. The molecule has 0 radical (unpaired) electrons. The fraction of sp³-hybridized carbons (Fsp3) is 0.417. The Bertz CT molecular complexity index is 810. The van der Waals surface area contributed by atoms with Gasteiger partial charge in [-0.25, -0.2) is 0 Å². The van der Waals surface area contributed by atoms with Gasteiger partial charge in [-0.05, 0) is 62.9 Å². The highest BCUT2D eigenvalue weighted by Crippen LogP contribution is 2.18. The van der Waals surface area contributed by atoms with Crippen LogP contribution >= 0.6 is 0 Å². The van der Waals surface area contributed by atoms with Crippen LogP contribution in [0.15, 0.2) is 42.5 Å². The maximum Gasteiger partial charge on any atom is 0.261 e. The number of benzene rings is 2. The van der Waals surface area contributed by atoms with Gasteiger partial charge >= 0.3 is 0 Å². The summed E-state index contributed by atoms with van der Waals surface area (Å²) in [4.78, 5) is 27.3. The van der Waals surface area contributed by atoms with Crippen LogP contribution in [0.3, 0.4) is 0 Å². The molecule has 0 bridgehead atoms. The van der Waals surface area contributed by atoms with Crippen molar-refractivity contribution >= 4 is 11.8 Å². The number of rotatable bonds is 9. The predicted molar refractivity (Wildman–Crippen MR) is 116 cm³/mol. The van der Waals surface area contributed by atoms with Crippen LogP contribution in [0.4, 0.5) is 0 Å². The second-order valence-electron chi connectivity index (χ2n) is 7.44. The average molecular weight is 397 g/mol. The molecule has 0 aliphatic heterocycles. The minimum Gasteiger partial charge on any atom is -0.484 e. The summed E-state index contributed by atoms with van der Waals surface area (Å²) in [7, 11) is 0. The van der Waals surface area contributed by atoms with Gasteiger partial charge in [-0.1, -0.05) is 42.8 Å². The molecule has 2 amide bonds. The standard InChI is InChI=1S/C24H32N2O3/c1-6-22(24(28)25-7-2)26(15-20-10-8-17(3)9-11-20)23(27)16-29-21-13-18(4)12-19(5)14-21/h8-14,22H,6-7,15-16H2,1-5H3,(H,25,28). The zero-order chi connectivity index (χ0) is 21.4. The van der Waals surface area contributed by atoms with E-state index in [1.165, 1.54) is 0 Å². The Morgan fingerprint density at radius 2 is 1.59 bits per heavy atom. The normalized spacial score (nSPS) is 11.6. The maximum absolute atomic E-state index is 13.1. The lowest BCUT2D eigenvalue weighted by Gasteiger charge is -2.30. The molecule has 2 rings (SSSR count). The van der Waals surface area contributed by atoms with Crippen molar-refractivity contribution in [1.29, 1.82) is 0 Å². The molecule has 2 aromatic carbocycles. The molecular weight excluding hydrogens is 364 g/mol. The molecule has 0 heterocycles. The van der Waals surface area contributed by atoms with Crippen molar-refractivity contribution in [3.8, 4) is 5.75 Å². The highest BCUT2D eigenvalue weighted by atomic mass is 16.5. The summed E-state index contributed by atoms with van der Waals surface area (Å²) in [5.41, 5.74) is 4.30. The first-order valence-corrected chi connectivity index (χ1v) is 10.2. The molecule has 0 saturated carbocycles.